The van der Waals surface area contributed by atoms with Gasteiger partial charge in [-0.25, -0.2) is 9.67 Å². The van der Waals surface area contributed by atoms with Crippen molar-refractivity contribution in [1.29, 1.82) is 0 Å². The van der Waals surface area contributed by atoms with Gasteiger partial charge in [-0.15, -0.1) is 0 Å². The maximum absolute atomic E-state index is 13.1. The number of aryl methyl sites for hydroxylation is 1. The molecule has 0 spiro atoms. The normalized spacial score (nSPS) is 15.9. The Morgan fingerprint density at radius 1 is 1.15 bits per heavy atom. The molecule has 0 bridgehead atoms. The molecule has 1 aromatic carbocycles. The van der Waals surface area contributed by atoms with E-state index >= 15 is 0 Å². The van der Waals surface area contributed by atoms with Crippen molar-refractivity contribution in [1.82, 2.24) is 14.8 Å². The molecule has 3 aromatic rings. The number of hydrogen-bond donors (Lipinski definition) is 2. The second-order valence-electron chi connectivity index (χ2n) is 8.68. The molecular weight excluding hydrogens is 432 g/mol. The Labute approximate surface area is 198 Å². The molecule has 9 heteroatoms. The number of amides is 2. The summed E-state index contributed by atoms with van der Waals surface area (Å²) in [5.74, 6) is -0.134. The quantitative estimate of drug-likeness (QED) is 0.496. The van der Waals surface area contributed by atoms with Crippen LogP contribution >= 0.6 is 0 Å². The van der Waals surface area contributed by atoms with Crippen LogP contribution in [-0.2, 0) is 11.3 Å². The number of hydrogen-bond acceptors (Lipinski definition) is 6. The summed E-state index contributed by atoms with van der Waals surface area (Å²) >= 11 is 0. The van der Waals surface area contributed by atoms with Gasteiger partial charge in [0.2, 0.25) is 5.91 Å². The molecule has 0 radical (unpaired) electrons. The fourth-order valence-corrected chi connectivity index (χ4v) is 4.32. The minimum absolute atomic E-state index is 0.178. The van der Waals surface area contributed by atoms with Crippen LogP contribution in [0.25, 0.3) is 10.8 Å². The molecule has 1 aliphatic rings. The Morgan fingerprint density at radius 2 is 1.94 bits per heavy atom. The van der Waals surface area contributed by atoms with E-state index in [1.807, 2.05) is 11.0 Å². The predicted molar refractivity (Wildman–Crippen MR) is 132 cm³/mol. The fourth-order valence-electron chi connectivity index (χ4n) is 4.32. The Hall–Kier alpha value is -3.75. The highest BCUT2D eigenvalue weighted by Gasteiger charge is 2.25. The second-order valence-corrected chi connectivity index (χ2v) is 8.68. The summed E-state index contributed by atoms with van der Waals surface area (Å²) in [6.45, 7) is 3.91. The average Bonchev–Trinajstić information content (AvgIpc) is 2.86. The predicted octanol–water partition coefficient (Wildman–Crippen LogP) is 2.94. The summed E-state index contributed by atoms with van der Waals surface area (Å²) in [4.78, 5) is 44.0. The summed E-state index contributed by atoms with van der Waals surface area (Å²) < 4.78 is 1.39. The standard InChI is InChI=1S/C25H30N6O3/c1-2-3-6-14-31-25(34)20-10-5-4-9-19(20)22(29-31)24(33)28-18-11-12-21(27-15-18)30-13-7-8-17(16-30)23(26)32/h4-5,9-12,15,17H,2-3,6-8,13-14,16H2,1H3,(H2,26,32)(H,28,33). The summed E-state index contributed by atoms with van der Waals surface area (Å²) in [7, 11) is 0. The third-order valence-corrected chi connectivity index (χ3v) is 6.21. The number of aromatic nitrogens is 3. The zero-order valence-electron chi connectivity index (χ0n) is 19.4. The molecule has 0 saturated carbocycles. The highest BCUT2D eigenvalue weighted by atomic mass is 16.2. The molecule has 1 fully saturated rings. The van der Waals surface area contributed by atoms with Crippen LogP contribution in [-0.4, -0.2) is 39.7 Å². The third-order valence-electron chi connectivity index (χ3n) is 6.21. The number of carbonyl (C=O) groups is 2. The SMILES string of the molecule is CCCCCn1nc(C(=O)Nc2ccc(N3CCCC(C(N)=O)C3)nc2)c2ccccc2c1=O. The van der Waals surface area contributed by atoms with Crippen molar-refractivity contribution in [2.75, 3.05) is 23.3 Å². The molecule has 3 N–H and O–H groups in total. The van der Waals surface area contributed by atoms with Crippen molar-refractivity contribution in [2.45, 2.75) is 45.6 Å². The third kappa shape index (κ3) is 5.08. The van der Waals surface area contributed by atoms with Gasteiger partial charge in [0.1, 0.15) is 5.82 Å². The molecule has 1 unspecified atom stereocenters. The number of nitrogens with zero attached hydrogens (tertiary/aromatic N) is 4. The van der Waals surface area contributed by atoms with Gasteiger partial charge in [-0.1, -0.05) is 38.0 Å². The first-order chi connectivity index (χ1) is 16.5. The van der Waals surface area contributed by atoms with Crippen molar-refractivity contribution >= 4 is 34.1 Å². The number of nitrogens with two attached hydrogens (primary N) is 1. The second kappa shape index (κ2) is 10.5. The largest absolute Gasteiger partial charge is 0.369 e. The molecular formula is C25H30N6O3. The molecule has 178 valence electrons. The number of anilines is 2. The Kier molecular flexibility index (Phi) is 7.20. The van der Waals surface area contributed by atoms with E-state index in [1.165, 1.54) is 4.68 Å². The van der Waals surface area contributed by atoms with Crippen LogP contribution in [0.15, 0.2) is 47.4 Å². The van der Waals surface area contributed by atoms with Crippen molar-refractivity contribution in [2.24, 2.45) is 11.7 Å². The van der Waals surface area contributed by atoms with Crippen molar-refractivity contribution in [3.63, 3.8) is 0 Å². The molecule has 34 heavy (non-hydrogen) atoms. The maximum Gasteiger partial charge on any atom is 0.276 e. The number of fused-ring (bicyclic) bond motifs is 1. The molecule has 0 aliphatic carbocycles. The first kappa shape index (κ1) is 23.4. The van der Waals surface area contributed by atoms with Gasteiger partial charge < -0.3 is 16.0 Å². The minimum Gasteiger partial charge on any atom is -0.369 e. The van der Waals surface area contributed by atoms with E-state index < -0.39 is 5.91 Å². The Balaban J connectivity index is 1.54. The molecule has 9 nitrogen and oxygen atoms in total. The van der Waals surface area contributed by atoms with Crippen LogP contribution < -0.4 is 21.5 Å². The summed E-state index contributed by atoms with van der Waals surface area (Å²) in [6.07, 6.45) is 6.08. The van der Waals surface area contributed by atoms with Crippen LogP contribution in [0, 0.1) is 5.92 Å². The molecule has 2 amide bonds. The number of benzene rings is 1. The molecule has 4 rings (SSSR count). The first-order valence-corrected chi connectivity index (χ1v) is 11.8. The van der Waals surface area contributed by atoms with E-state index in [4.69, 9.17) is 5.73 Å². The number of rotatable bonds is 8. The van der Waals surface area contributed by atoms with Crippen molar-refractivity contribution in [3.8, 4) is 0 Å². The van der Waals surface area contributed by atoms with Crippen molar-refractivity contribution in [3.05, 3.63) is 58.6 Å². The van der Waals surface area contributed by atoms with E-state index in [-0.39, 0.29) is 23.1 Å². The number of primary amides is 1. The molecule has 1 saturated heterocycles. The van der Waals surface area contributed by atoms with Gasteiger partial charge in [0.25, 0.3) is 11.5 Å². The summed E-state index contributed by atoms with van der Waals surface area (Å²) in [5, 5.41) is 8.25. The maximum atomic E-state index is 13.1. The van der Waals surface area contributed by atoms with Gasteiger partial charge in [0.15, 0.2) is 5.69 Å². The number of pyridine rings is 1. The minimum atomic E-state index is -0.401. The van der Waals surface area contributed by atoms with E-state index in [0.29, 0.717) is 29.5 Å². The lowest BCUT2D eigenvalue weighted by molar-refractivity contribution is -0.122. The highest BCUT2D eigenvalue weighted by Crippen LogP contribution is 2.23. The van der Waals surface area contributed by atoms with E-state index in [1.54, 1.807) is 36.5 Å². The van der Waals surface area contributed by atoms with Gasteiger partial charge >= 0.3 is 0 Å². The van der Waals surface area contributed by atoms with Crippen molar-refractivity contribution < 1.29 is 9.59 Å². The number of carbonyl (C=O) groups excluding carboxylic acids is 2. The molecule has 1 aliphatic heterocycles. The zero-order valence-corrected chi connectivity index (χ0v) is 19.4. The van der Waals surface area contributed by atoms with Crippen LogP contribution in [0.4, 0.5) is 11.5 Å². The van der Waals surface area contributed by atoms with Gasteiger partial charge in [-0.3, -0.25) is 14.4 Å². The zero-order chi connectivity index (χ0) is 24.1. The topological polar surface area (TPSA) is 123 Å². The number of piperidine rings is 1. The van der Waals surface area contributed by atoms with Gasteiger partial charge in [0, 0.05) is 25.0 Å². The Morgan fingerprint density at radius 3 is 2.65 bits per heavy atom. The smallest absolute Gasteiger partial charge is 0.276 e. The molecule has 2 aromatic heterocycles. The van der Waals surface area contributed by atoms with Crippen LogP contribution in [0.3, 0.4) is 0 Å². The van der Waals surface area contributed by atoms with Gasteiger partial charge in [-0.05, 0) is 37.5 Å². The average molecular weight is 463 g/mol. The highest BCUT2D eigenvalue weighted by molar-refractivity contribution is 6.11. The lowest BCUT2D eigenvalue weighted by Crippen LogP contribution is -2.41. The number of nitrogens with one attached hydrogen (secondary N) is 1. The lowest BCUT2D eigenvalue weighted by atomic mass is 9.97. The van der Waals surface area contributed by atoms with Gasteiger partial charge in [-0.2, -0.15) is 5.10 Å². The van der Waals surface area contributed by atoms with Crippen LogP contribution in [0.2, 0.25) is 0 Å². The van der Waals surface area contributed by atoms with E-state index in [2.05, 4.69) is 22.3 Å². The first-order valence-electron chi connectivity index (χ1n) is 11.8. The van der Waals surface area contributed by atoms with E-state index in [0.717, 1.165) is 44.5 Å². The van der Waals surface area contributed by atoms with Crippen LogP contribution in [0.1, 0.15) is 49.5 Å². The van der Waals surface area contributed by atoms with Crippen LogP contribution in [0.5, 0.6) is 0 Å². The number of unbranched alkanes of at least 4 members (excludes halogenated alkanes) is 2. The summed E-state index contributed by atoms with van der Waals surface area (Å²) in [6, 6.07) is 10.6. The molecule has 3 heterocycles. The molecule has 1 atom stereocenters. The Bertz CT molecular complexity index is 1240. The fraction of sp³-hybridized carbons (Fsp3) is 0.400. The monoisotopic (exact) mass is 462 g/mol. The lowest BCUT2D eigenvalue weighted by Gasteiger charge is -2.32. The van der Waals surface area contributed by atoms with Gasteiger partial charge in [0.05, 0.1) is 23.2 Å². The van der Waals surface area contributed by atoms with E-state index in [9.17, 15) is 14.4 Å². The summed E-state index contributed by atoms with van der Waals surface area (Å²) in [5.41, 5.74) is 6.01.